The van der Waals surface area contributed by atoms with Gasteiger partial charge in [0.15, 0.2) is 5.82 Å². The molecule has 112 valence electrons. The lowest BCUT2D eigenvalue weighted by Crippen LogP contribution is -2.09. The summed E-state index contributed by atoms with van der Waals surface area (Å²) < 4.78 is 7.16. The van der Waals surface area contributed by atoms with Gasteiger partial charge >= 0.3 is 0 Å². The summed E-state index contributed by atoms with van der Waals surface area (Å²) in [5.74, 6) is 1.66. The summed E-state index contributed by atoms with van der Waals surface area (Å²) in [6, 6.07) is 4.42. The molecule has 0 spiro atoms. The second kappa shape index (κ2) is 6.31. The average Bonchev–Trinajstić information content (AvgIpc) is 2.89. The number of hydrogen-bond donors (Lipinski definition) is 1. The molecule has 8 nitrogen and oxygen atoms in total. The highest BCUT2D eigenvalue weighted by atomic mass is 16.6. The van der Waals surface area contributed by atoms with Crippen molar-refractivity contribution in [2.75, 3.05) is 7.11 Å². The molecule has 0 aliphatic rings. The summed E-state index contributed by atoms with van der Waals surface area (Å²) in [4.78, 5) is 10.4. The van der Waals surface area contributed by atoms with Crippen LogP contribution in [0.2, 0.25) is 0 Å². The molecule has 21 heavy (non-hydrogen) atoms. The number of methoxy groups -OCH3 is 1. The van der Waals surface area contributed by atoms with Gasteiger partial charge in [-0.3, -0.25) is 10.1 Å². The molecule has 2 N–H and O–H groups in total. The van der Waals surface area contributed by atoms with Crippen molar-refractivity contribution in [3.05, 3.63) is 34.1 Å². The molecule has 0 aliphatic carbocycles. The number of non-ortho nitro benzene ring substituents is 1. The zero-order valence-electron chi connectivity index (χ0n) is 11.9. The molecule has 0 amide bonds. The fourth-order valence-corrected chi connectivity index (χ4v) is 2.12. The lowest BCUT2D eigenvalue weighted by molar-refractivity contribution is -0.384. The van der Waals surface area contributed by atoms with E-state index >= 15 is 0 Å². The predicted molar refractivity (Wildman–Crippen MR) is 76.8 cm³/mol. The summed E-state index contributed by atoms with van der Waals surface area (Å²) in [6.45, 7) is 3.04. The van der Waals surface area contributed by atoms with Gasteiger partial charge in [0.1, 0.15) is 11.6 Å². The van der Waals surface area contributed by atoms with Gasteiger partial charge in [-0.25, -0.2) is 0 Å². The van der Waals surface area contributed by atoms with Crippen LogP contribution in [-0.2, 0) is 13.1 Å². The van der Waals surface area contributed by atoms with Gasteiger partial charge in [0.25, 0.3) is 5.69 Å². The minimum atomic E-state index is -0.464. The minimum absolute atomic E-state index is 0.0313. The van der Waals surface area contributed by atoms with Crippen LogP contribution in [0.4, 0.5) is 5.69 Å². The number of aromatic nitrogens is 3. The highest BCUT2D eigenvalue weighted by molar-refractivity contribution is 5.67. The molecule has 0 saturated heterocycles. The van der Waals surface area contributed by atoms with Crippen LogP contribution in [0.1, 0.15) is 19.2 Å². The van der Waals surface area contributed by atoms with E-state index in [1.165, 1.54) is 19.2 Å². The van der Waals surface area contributed by atoms with Crippen LogP contribution in [0.15, 0.2) is 18.2 Å². The fourth-order valence-electron chi connectivity index (χ4n) is 2.12. The van der Waals surface area contributed by atoms with Crippen molar-refractivity contribution in [1.82, 2.24) is 14.8 Å². The van der Waals surface area contributed by atoms with Crippen LogP contribution in [0.3, 0.4) is 0 Å². The Hall–Kier alpha value is -2.48. The molecule has 1 heterocycles. The largest absolute Gasteiger partial charge is 0.496 e. The van der Waals surface area contributed by atoms with Gasteiger partial charge in [0.05, 0.1) is 30.2 Å². The van der Waals surface area contributed by atoms with Crippen molar-refractivity contribution >= 4 is 5.69 Å². The van der Waals surface area contributed by atoms with Gasteiger partial charge in [-0.1, -0.05) is 6.92 Å². The Balaban J connectivity index is 2.56. The number of ether oxygens (including phenoxy) is 1. The second-order valence-corrected chi connectivity index (χ2v) is 4.44. The first-order chi connectivity index (χ1) is 10.1. The molecular weight excluding hydrogens is 274 g/mol. The zero-order chi connectivity index (χ0) is 15.4. The van der Waals surface area contributed by atoms with E-state index in [9.17, 15) is 10.1 Å². The Morgan fingerprint density at radius 3 is 2.76 bits per heavy atom. The SMILES string of the molecule is CCCn1c(CN)nnc1-c1ccc([N+](=O)[O-])cc1OC. The Labute approximate surface area is 121 Å². The van der Waals surface area contributed by atoms with Crippen LogP contribution < -0.4 is 10.5 Å². The normalized spacial score (nSPS) is 10.6. The number of benzene rings is 1. The van der Waals surface area contributed by atoms with Crippen LogP contribution in [0, 0.1) is 10.1 Å². The van der Waals surface area contributed by atoms with E-state index in [0.717, 1.165) is 13.0 Å². The third kappa shape index (κ3) is 2.84. The van der Waals surface area contributed by atoms with E-state index in [1.54, 1.807) is 6.07 Å². The quantitative estimate of drug-likeness (QED) is 0.641. The number of nitrogens with two attached hydrogens (primary N) is 1. The van der Waals surface area contributed by atoms with Crippen molar-refractivity contribution in [3.8, 4) is 17.1 Å². The van der Waals surface area contributed by atoms with Crippen LogP contribution in [-0.4, -0.2) is 26.8 Å². The topological polar surface area (TPSA) is 109 Å². The van der Waals surface area contributed by atoms with Crippen LogP contribution in [0.25, 0.3) is 11.4 Å². The molecule has 0 bridgehead atoms. The lowest BCUT2D eigenvalue weighted by atomic mass is 10.1. The Kier molecular flexibility index (Phi) is 4.49. The monoisotopic (exact) mass is 291 g/mol. The summed E-state index contributed by atoms with van der Waals surface area (Å²) >= 11 is 0. The molecule has 0 aliphatic heterocycles. The first-order valence-electron chi connectivity index (χ1n) is 6.57. The van der Waals surface area contributed by atoms with Crippen molar-refractivity contribution < 1.29 is 9.66 Å². The third-order valence-electron chi connectivity index (χ3n) is 3.09. The van der Waals surface area contributed by atoms with Crippen LogP contribution >= 0.6 is 0 Å². The molecule has 2 aromatic rings. The molecule has 0 atom stereocenters. The molecule has 0 fully saturated rings. The maximum atomic E-state index is 10.8. The predicted octanol–water partition coefficient (Wildman–Crippen LogP) is 1.73. The highest BCUT2D eigenvalue weighted by Crippen LogP contribution is 2.32. The van der Waals surface area contributed by atoms with E-state index in [4.69, 9.17) is 10.5 Å². The summed E-state index contributed by atoms with van der Waals surface area (Å²) in [7, 11) is 1.47. The maximum Gasteiger partial charge on any atom is 0.273 e. The molecule has 1 aromatic carbocycles. The maximum absolute atomic E-state index is 10.8. The number of rotatable bonds is 6. The van der Waals surface area contributed by atoms with Gasteiger partial charge in [-0.05, 0) is 12.5 Å². The number of nitrogens with zero attached hydrogens (tertiary/aromatic N) is 4. The summed E-state index contributed by atoms with van der Waals surface area (Å²) in [6.07, 6.45) is 0.896. The van der Waals surface area contributed by atoms with E-state index in [-0.39, 0.29) is 12.2 Å². The van der Waals surface area contributed by atoms with Gasteiger partial charge in [-0.15, -0.1) is 10.2 Å². The molecule has 0 unspecified atom stereocenters. The summed E-state index contributed by atoms with van der Waals surface area (Å²) in [5, 5.41) is 19.0. The van der Waals surface area contributed by atoms with E-state index < -0.39 is 4.92 Å². The van der Waals surface area contributed by atoms with Crippen LogP contribution in [0.5, 0.6) is 5.75 Å². The highest BCUT2D eigenvalue weighted by Gasteiger charge is 2.18. The van der Waals surface area contributed by atoms with Gasteiger partial charge in [-0.2, -0.15) is 0 Å². The molecule has 2 rings (SSSR count). The lowest BCUT2D eigenvalue weighted by Gasteiger charge is -2.11. The van der Waals surface area contributed by atoms with E-state index in [1.807, 2.05) is 11.5 Å². The first kappa shape index (κ1) is 14.9. The molecule has 0 radical (unpaired) electrons. The third-order valence-corrected chi connectivity index (χ3v) is 3.09. The molecule has 8 heteroatoms. The molecule has 0 saturated carbocycles. The second-order valence-electron chi connectivity index (χ2n) is 4.44. The van der Waals surface area contributed by atoms with Crippen molar-refractivity contribution in [1.29, 1.82) is 0 Å². The number of nitro groups is 1. The number of nitro benzene ring substituents is 1. The Morgan fingerprint density at radius 2 is 2.19 bits per heavy atom. The van der Waals surface area contributed by atoms with Crippen molar-refractivity contribution in [2.45, 2.75) is 26.4 Å². The molecule has 1 aromatic heterocycles. The van der Waals surface area contributed by atoms with Gasteiger partial charge in [0.2, 0.25) is 0 Å². The standard InChI is InChI=1S/C13H17N5O3/c1-3-6-17-12(8-14)15-16-13(17)10-5-4-9(18(19)20)7-11(10)21-2/h4-5,7H,3,6,8,14H2,1-2H3. The Morgan fingerprint density at radius 1 is 1.43 bits per heavy atom. The number of hydrogen-bond acceptors (Lipinski definition) is 6. The zero-order valence-corrected chi connectivity index (χ0v) is 11.9. The first-order valence-corrected chi connectivity index (χ1v) is 6.57. The minimum Gasteiger partial charge on any atom is -0.496 e. The fraction of sp³-hybridized carbons (Fsp3) is 0.385. The van der Waals surface area contributed by atoms with Crippen molar-refractivity contribution in [3.63, 3.8) is 0 Å². The van der Waals surface area contributed by atoms with Gasteiger partial charge < -0.3 is 15.0 Å². The molecular formula is C13H17N5O3. The average molecular weight is 291 g/mol. The van der Waals surface area contributed by atoms with E-state index in [2.05, 4.69) is 10.2 Å². The summed E-state index contributed by atoms with van der Waals surface area (Å²) in [5.41, 5.74) is 6.29. The van der Waals surface area contributed by atoms with E-state index in [0.29, 0.717) is 23.0 Å². The smallest absolute Gasteiger partial charge is 0.273 e. The van der Waals surface area contributed by atoms with Gasteiger partial charge in [0, 0.05) is 12.6 Å². The Bertz CT molecular complexity index is 653. The van der Waals surface area contributed by atoms with Crippen molar-refractivity contribution in [2.24, 2.45) is 5.73 Å².